The van der Waals surface area contributed by atoms with E-state index in [0.29, 0.717) is 28.9 Å². The van der Waals surface area contributed by atoms with Crippen molar-refractivity contribution in [2.45, 2.75) is 32.5 Å². The van der Waals surface area contributed by atoms with Crippen LogP contribution in [0.3, 0.4) is 0 Å². The maximum absolute atomic E-state index is 12.6. The van der Waals surface area contributed by atoms with Crippen molar-refractivity contribution in [3.05, 3.63) is 45.0 Å². The predicted molar refractivity (Wildman–Crippen MR) is 112 cm³/mol. The zero-order valence-corrected chi connectivity index (χ0v) is 18.3. The molecule has 6 nitrogen and oxygen atoms in total. The number of aromatic nitrogens is 3. The number of aliphatic hydroxyl groups is 1. The van der Waals surface area contributed by atoms with Crippen LogP contribution in [0.25, 0.3) is 10.6 Å². The van der Waals surface area contributed by atoms with Gasteiger partial charge in [0.2, 0.25) is 0 Å². The maximum Gasteiger partial charge on any atom is 0.417 e. The Morgan fingerprint density at radius 2 is 2.06 bits per heavy atom. The van der Waals surface area contributed by atoms with Crippen LogP contribution in [0.2, 0.25) is 0 Å². The van der Waals surface area contributed by atoms with E-state index in [1.54, 1.807) is 11.8 Å². The Bertz CT molecular complexity index is 1090. The van der Waals surface area contributed by atoms with Crippen molar-refractivity contribution in [1.82, 2.24) is 15.0 Å². The average Bonchev–Trinajstić information content (AvgIpc) is 3.26. The SMILES string of the molecule is Cc1nc(C(C)O)sc1-c1csc(CC(=O)C2CN(c3ccc(C(F)(F)F)cn3)C2)n1. The number of halogens is 3. The summed E-state index contributed by atoms with van der Waals surface area (Å²) >= 11 is 2.79. The van der Waals surface area contributed by atoms with E-state index < -0.39 is 17.8 Å². The molecule has 3 aromatic rings. The van der Waals surface area contributed by atoms with Gasteiger partial charge in [-0.2, -0.15) is 13.2 Å². The summed E-state index contributed by atoms with van der Waals surface area (Å²) in [7, 11) is 0. The zero-order chi connectivity index (χ0) is 22.3. The number of carbonyl (C=O) groups is 1. The van der Waals surface area contributed by atoms with Gasteiger partial charge < -0.3 is 10.0 Å². The maximum atomic E-state index is 12.6. The molecule has 0 bridgehead atoms. The Balaban J connectivity index is 1.34. The van der Waals surface area contributed by atoms with Gasteiger partial charge in [0.15, 0.2) is 0 Å². The Hall–Kier alpha value is -2.37. The van der Waals surface area contributed by atoms with E-state index in [1.807, 2.05) is 12.3 Å². The zero-order valence-electron chi connectivity index (χ0n) is 16.7. The van der Waals surface area contributed by atoms with Gasteiger partial charge >= 0.3 is 6.18 Å². The van der Waals surface area contributed by atoms with Crippen LogP contribution in [0.5, 0.6) is 0 Å². The first-order chi connectivity index (χ1) is 14.6. The number of hydrogen-bond donors (Lipinski definition) is 1. The number of ketones is 1. The monoisotopic (exact) mass is 468 g/mol. The van der Waals surface area contributed by atoms with Crippen molar-refractivity contribution in [1.29, 1.82) is 0 Å². The number of Topliss-reactive ketones (excluding diaryl/α,β-unsaturated/α-hetero) is 1. The van der Waals surface area contributed by atoms with Gasteiger partial charge in [-0.15, -0.1) is 22.7 Å². The molecule has 1 atom stereocenters. The first-order valence-corrected chi connectivity index (χ1v) is 11.2. The fraction of sp³-hybridized carbons (Fsp3) is 0.400. The third-order valence-corrected chi connectivity index (χ3v) is 7.22. The molecule has 0 saturated carbocycles. The number of thiazole rings is 2. The molecule has 1 fully saturated rings. The number of aryl methyl sites for hydroxylation is 1. The van der Waals surface area contributed by atoms with Crippen molar-refractivity contribution in [2.24, 2.45) is 5.92 Å². The highest BCUT2D eigenvalue weighted by atomic mass is 32.1. The molecule has 1 unspecified atom stereocenters. The number of pyridine rings is 1. The second-order valence-corrected chi connectivity index (χ2v) is 9.39. The van der Waals surface area contributed by atoms with Crippen LogP contribution in [0.4, 0.5) is 19.0 Å². The molecule has 11 heteroatoms. The van der Waals surface area contributed by atoms with Crippen molar-refractivity contribution in [3.63, 3.8) is 0 Å². The van der Waals surface area contributed by atoms with Crippen LogP contribution in [0.1, 0.15) is 34.3 Å². The largest absolute Gasteiger partial charge is 0.417 e. The van der Waals surface area contributed by atoms with Gasteiger partial charge in [-0.05, 0) is 26.0 Å². The lowest BCUT2D eigenvalue weighted by molar-refractivity contribution is -0.137. The highest BCUT2D eigenvalue weighted by Gasteiger charge is 2.35. The summed E-state index contributed by atoms with van der Waals surface area (Å²) in [6, 6.07) is 2.33. The van der Waals surface area contributed by atoms with Crippen molar-refractivity contribution < 1.29 is 23.1 Å². The number of carbonyl (C=O) groups excluding carboxylic acids is 1. The average molecular weight is 469 g/mol. The molecule has 3 aromatic heterocycles. The quantitative estimate of drug-likeness (QED) is 0.582. The van der Waals surface area contributed by atoms with Gasteiger partial charge in [0.25, 0.3) is 0 Å². The van der Waals surface area contributed by atoms with E-state index in [-0.39, 0.29) is 18.1 Å². The van der Waals surface area contributed by atoms with Crippen LogP contribution < -0.4 is 4.90 Å². The molecule has 0 radical (unpaired) electrons. The van der Waals surface area contributed by atoms with Gasteiger partial charge in [-0.1, -0.05) is 0 Å². The minimum atomic E-state index is -4.42. The number of hydrogen-bond acceptors (Lipinski definition) is 8. The molecule has 1 N–H and O–H groups in total. The lowest BCUT2D eigenvalue weighted by atomic mass is 9.93. The van der Waals surface area contributed by atoms with Crippen LogP contribution in [-0.2, 0) is 17.4 Å². The Morgan fingerprint density at radius 1 is 1.32 bits per heavy atom. The highest BCUT2D eigenvalue weighted by Crippen LogP contribution is 2.34. The van der Waals surface area contributed by atoms with Gasteiger partial charge in [-0.3, -0.25) is 4.79 Å². The second kappa shape index (κ2) is 8.29. The van der Waals surface area contributed by atoms with E-state index in [0.717, 1.165) is 28.5 Å². The summed E-state index contributed by atoms with van der Waals surface area (Å²) in [6.45, 7) is 4.39. The summed E-state index contributed by atoms with van der Waals surface area (Å²) in [5, 5.41) is 12.9. The molecule has 1 saturated heterocycles. The normalized spacial score (nSPS) is 15.7. The summed E-state index contributed by atoms with van der Waals surface area (Å²) < 4.78 is 37.9. The highest BCUT2D eigenvalue weighted by molar-refractivity contribution is 7.16. The number of alkyl halides is 3. The fourth-order valence-electron chi connectivity index (χ4n) is 3.23. The minimum absolute atomic E-state index is 0.0507. The molecule has 1 aliphatic rings. The molecule has 1 aliphatic heterocycles. The van der Waals surface area contributed by atoms with Crippen molar-refractivity contribution in [3.8, 4) is 10.6 Å². The van der Waals surface area contributed by atoms with Crippen LogP contribution in [0.15, 0.2) is 23.7 Å². The number of aliphatic hydroxyl groups excluding tert-OH is 1. The second-order valence-electron chi connectivity index (χ2n) is 7.42. The van der Waals surface area contributed by atoms with Gasteiger partial charge in [0.05, 0.1) is 34.2 Å². The van der Waals surface area contributed by atoms with Crippen molar-refractivity contribution in [2.75, 3.05) is 18.0 Å². The first kappa shape index (κ1) is 21.8. The van der Waals surface area contributed by atoms with E-state index in [1.165, 1.54) is 28.7 Å². The van der Waals surface area contributed by atoms with Crippen LogP contribution in [-0.4, -0.2) is 38.9 Å². The number of nitrogens with zero attached hydrogens (tertiary/aromatic N) is 4. The summed E-state index contributed by atoms with van der Waals surface area (Å²) in [6.07, 6.45) is -4.03. The van der Waals surface area contributed by atoms with Crippen LogP contribution >= 0.6 is 22.7 Å². The standard InChI is InChI=1S/C20H19F3N4O2S2/c1-10-18(31-19(25-10)11(2)28)14-9-30-17(26-14)5-15(29)12-7-27(8-12)16-4-3-13(6-24-16)20(21,22)23/h3-4,6,9,11-12,28H,5,7-8H2,1-2H3. The molecular formula is C20H19F3N4O2S2. The fourth-order valence-corrected chi connectivity index (χ4v) is 5.07. The number of rotatable bonds is 6. The molecule has 4 heterocycles. The third kappa shape index (κ3) is 4.63. The first-order valence-electron chi connectivity index (χ1n) is 9.53. The molecule has 0 spiro atoms. The van der Waals surface area contributed by atoms with Gasteiger partial charge in [0.1, 0.15) is 27.7 Å². The summed E-state index contributed by atoms with van der Waals surface area (Å²) in [5.41, 5.74) is 0.752. The molecule has 164 valence electrons. The summed E-state index contributed by atoms with van der Waals surface area (Å²) in [4.78, 5) is 28.0. The lowest BCUT2D eigenvalue weighted by Crippen LogP contribution is -2.51. The molecule has 31 heavy (non-hydrogen) atoms. The predicted octanol–water partition coefficient (Wildman–Crippen LogP) is 4.29. The summed E-state index contributed by atoms with van der Waals surface area (Å²) in [5.74, 6) is 0.293. The van der Waals surface area contributed by atoms with E-state index in [2.05, 4.69) is 15.0 Å². The Labute approximate surface area is 184 Å². The molecule has 4 rings (SSSR count). The lowest BCUT2D eigenvalue weighted by Gasteiger charge is -2.39. The van der Waals surface area contributed by atoms with E-state index >= 15 is 0 Å². The van der Waals surface area contributed by atoms with Gasteiger partial charge in [0, 0.05) is 24.7 Å². The number of anilines is 1. The van der Waals surface area contributed by atoms with E-state index in [9.17, 15) is 23.1 Å². The molecule has 0 amide bonds. The van der Waals surface area contributed by atoms with Crippen LogP contribution in [0, 0.1) is 12.8 Å². The molecule has 0 aliphatic carbocycles. The molecule has 0 aromatic carbocycles. The van der Waals surface area contributed by atoms with Gasteiger partial charge in [-0.25, -0.2) is 15.0 Å². The Morgan fingerprint density at radius 3 is 2.65 bits per heavy atom. The van der Waals surface area contributed by atoms with Crippen molar-refractivity contribution >= 4 is 34.3 Å². The Kier molecular flexibility index (Phi) is 5.84. The molecular weight excluding hydrogens is 449 g/mol. The third-order valence-electron chi connectivity index (χ3n) is 5.02. The smallest absolute Gasteiger partial charge is 0.386 e. The minimum Gasteiger partial charge on any atom is -0.386 e. The topological polar surface area (TPSA) is 79.2 Å². The van der Waals surface area contributed by atoms with E-state index in [4.69, 9.17) is 0 Å².